The third-order valence-corrected chi connectivity index (χ3v) is 2.65. The van der Waals surface area contributed by atoms with E-state index in [1.165, 1.54) is 18.7 Å². The Labute approximate surface area is 105 Å². The number of aromatic nitrogens is 4. The monoisotopic (exact) mass is 259 g/mol. The number of carbonyl (C=O) groups excluding carboxylic acids is 1. The standard InChI is InChI=1S/C11H9N5O3/c1-5-7(10(18)16-6-2-14-15-3-6)8-9(17)12-4-13-11(8)19-5/h2-4H,1H3,(H,14,15)(H,16,18)(H,12,13,17). The highest BCUT2D eigenvalue weighted by Gasteiger charge is 2.21. The Hall–Kier alpha value is -2.90. The molecule has 0 aromatic carbocycles. The summed E-state index contributed by atoms with van der Waals surface area (Å²) in [5, 5.41) is 9.04. The summed E-state index contributed by atoms with van der Waals surface area (Å²) in [6, 6.07) is 0. The van der Waals surface area contributed by atoms with Crippen molar-refractivity contribution >= 4 is 22.7 Å². The van der Waals surface area contributed by atoms with Gasteiger partial charge in [0.2, 0.25) is 5.71 Å². The van der Waals surface area contributed by atoms with Crippen LogP contribution in [0.2, 0.25) is 0 Å². The quantitative estimate of drug-likeness (QED) is 0.629. The summed E-state index contributed by atoms with van der Waals surface area (Å²) < 4.78 is 5.30. The molecule has 3 N–H and O–H groups in total. The van der Waals surface area contributed by atoms with Gasteiger partial charge in [-0.3, -0.25) is 14.7 Å². The van der Waals surface area contributed by atoms with Crippen LogP contribution in [0.5, 0.6) is 0 Å². The molecule has 3 aromatic rings. The number of carbonyl (C=O) groups is 1. The highest BCUT2D eigenvalue weighted by molar-refractivity contribution is 6.12. The molecule has 0 saturated heterocycles. The largest absolute Gasteiger partial charge is 0.442 e. The van der Waals surface area contributed by atoms with E-state index in [2.05, 4.69) is 25.5 Å². The minimum absolute atomic E-state index is 0.138. The van der Waals surface area contributed by atoms with Crippen LogP contribution in [0.1, 0.15) is 16.1 Å². The van der Waals surface area contributed by atoms with Gasteiger partial charge in [0.15, 0.2) is 0 Å². The third-order valence-electron chi connectivity index (χ3n) is 2.65. The first-order valence-corrected chi connectivity index (χ1v) is 5.43. The van der Waals surface area contributed by atoms with E-state index < -0.39 is 11.5 Å². The highest BCUT2D eigenvalue weighted by Crippen LogP contribution is 2.21. The Kier molecular flexibility index (Phi) is 2.41. The van der Waals surface area contributed by atoms with Crippen LogP contribution in [-0.2, 0) is 0 Å². The number of furan rings is 1. The van der Waals surface area contributed by atoms with E-state index in [-0.39, 0.29) is 16.7 Å². The van der Waals surface area contributed by atoms with Crippen LogP contribution in [0.3, 0.4) is 0 Å². The molecule has 1 amide bonds. The van der Waals surface area contributed by atoms with Gasteiger partial charge in [0.1, 0.15) is 11.1 Å². The molecule has 0 aliphatic rings. The Morgan fingerprint density at radius 1 is 1.47 bits per heavy atom. The SMILES string of the molecule is Cc1oc2nc[nH]c(=O)c2c1C(=O)Nc1cn[nH]c1. The maximum Gasteiger partial charge on any atom is 0.262 e. The number of nitrogens with one attached hydrogen (secondary N) is 3. The number of fused-ring (bicyclic) bond motifs is 1. The molecule has 0 spiro atoms. The molecule has 0 fully saturated rings. The lowest BCUT2D eigenvalue weighted by atomic mass is 10.2. The summed E-state index contributed by atoms with van der Waals surface area (Å²) in [6.45, 7) is 1.60. The van der Waals surface area contributed by atoms with Crippen LogP contribution in [-0.4, -0.2) is 26.1 Å². The Morgan fingerprint density at radius 3 is 3.05 bits per heavy atom. The molecule has 3 heterocycles. The first kappa shape index (κ1) is 11.2. The van der Waals surface area contributed by atoms with Crippen molar-refractivity contribution in [3.05, 3.63) is 40.4 Å². The van der Waals surface area contributed by atoms with Crippen molar-refractivity contribution in [1.82, 2.24) is 20.2 Å². The zero-order valence-electron chi connectivity index (χ0n) is 9.85. The van der Waals surface area contributed by atoms with Crippen molar-refractivity contribution in [1.29, 1.82) is 0 Å². The second-order valence-corrected chi connectivity index (χ2v) is 3.89. The van der Waals surface area contributed by atoms with Gasteiger partial charge in [-0.2, -0.15) is 5.10 Å². The van der Waals surface area contributed by atoms with E-state index >= 15 is 0 Å². The Morgan fingerprint density at radius 2 is 2.32 bits per heavy atom. The van der Waals surface area contributed by atoms with E-state index in [4.69, 9.17) is 4.42 Å². The van der Waals surface area contributed by atoms with E-state index in [0.717, 1.165) is 0 Å². The van der Waals surface area contributed by atoms with Gasteiger partial charge in [-0.25, -0.2) is 4.98 Å². The van der Waals surface area contributed by atoms with Crippen LogP contribution in [0, 0.1) is 6.92 Å². The van der Waals surface area contributed by atoms with Gasteiger partial charge < -0.3 is 14.7 Å². The lowest BCUT2D eigenvalue weighted by Crippen LogP contribution is -2.16. The second-order valence-electron chi connectivity index (χ2n) is 3.89. The summed E-state index contributed by atoms with van der Waals surface area (Å²) in [5.41, 5.74) is 0.391. The minimum atomic E-state index is -0.448. The molecule has 8 heteroatoms. The number of amides is 1. The molecule has 3 rings (SSSR count). The minimum Gasteiger partial charge on any atom is -0.442 e. The number of aromatic amines is 2. The number of hydrogen-bond acceptors (Lipinski definition) is 5. The predicted molar refractivity (Wildman–Crippen MR) is 65.9 cm³/mol. The van der Waals surface area contributed by atoms with Gasteiger partial charge in [0.25, 0.3) is 11.5 Å². The van der Waals surface area contributed by atoms with Crippen LogP contribution in [0.25, 0.3) is 11.1 Å². The van der Waals surface area contributed by atoms with E-state index in [0.29, 0.717) is 11.4 Å². The summed E-state index contributed by atoms with van der Waals surface area (Å²) in [7, 11) is 0. The van der Waals surface area contributed by atoms with Crippen molar-refractivity contribution < 1.29 is 9.21 Å². The van der Waals surface area contributed by atoms with Crippen LogP contribution in [0.4, 0.5) is 5.69 Å². The maximum atomic E-state index is 12.2. The average molecular weight is 259 g/mol. The van der Waals surface area contributed by atoms with Gasteiger partial charge in [-0.1, -0.05) is 0 Å². The molecular weight excluding hydrogens is 250 g/mol. The van der Waals surface area contributed by atoms with Gasteiger partial charge in [0, 0.05) is 6.20 Å². The summed E-state index contributed by atoms with van der Waals surface area (Å²) in [6.07, 6.45) is 4.21. The van der Waals surface area contributed by atoms with Crippen molar-refractivity contribution in [3.8, 4) is 0 Å². The molecule has 8 nitrogen and oxygen atoms in total. The normalized spacial score (nSPS) is 10.8. The highest BCUT2D eigenvalue weighted by atomic mass is 16.3. The maximum absolute atomic E-state index is 12.2. The lowest BCUT2D eigenvalue weighted by molar-refractivity contribution is 0.102. The summed E-state index contributed by atoms with van der Waals surface area (Å²) in [5.74, 6) is -0.114. The van der Waals surface area contributed by atoms with Crippen molar-refractivity contribution in [2.24, 2.45) is 0 Å². The Balaban J connectivity index is 2.12. The first-order chi connectivity index (χ1) is 9.16. The lowest BCUT2D eigenvalue weighted by Gasteiger charge is -2.00. The smallest absolute Gasteiger partial charge is 0.262 e. The topological polar surface area (TPSA) is 117 Å². The van der Waals surface area contributed by atoms with Gasteiger partial charge in [-0.15, -0.1) is 0 Å². The number of H-pyrrole nitrogens is 2. The number of anilines is 1. The number of nitrogens with zero attached hydrogens (tertiary/aromatic N) is 2. The summed E-state index contributed by atoms with van der Waals surface area (Å²) >= 11 is 0. The fourth-order valence-electron chi connectivity index (χ4n) is 1.84. The van der Waals surface area contributed by atoms with Gasteiger partial charge in [0.05, 0.1) is 23.8 Å². The molecular formula is C11H9N5O3. The number of hydrogen-bond donors (Lipinski definition) is 3. The molecule has 3 aromatic heterocycles. The summed E-state index contributed by atoms with van der Waals surface area (Å²) in [4.78, 5) is 30.2. The van der Waals surface area contributed by atoms with E-state index in [1.54, 1.807) is 6.92 Å². The van der Waals surface area contributed by atoms with E-state index in [1.807, 2.05) is 0 Å². The number of rotatable bonds is 2. The van der Waals surface area contributed by atoms with Crippen molar-refractivity contribution in [2.45, 2.75) is 6.92 Å². The zero-order chi connectivity index (χ0) is 13.4. The first-order valence-electron chi connectivity index (χ1n) is 5.43. The van der Waals surface area contributed by atoms with Crippen molar-refractivity contribution in [2.75, 3.05) is 5.32 Å². The fraction of sp³-hybridized carbons (Fsp3) is 0.0909. The molecule has 0 aliphatic heterocycles. The fourth-order valence-corrected chi connectivity index (χ4v) is 1.84. The van der Waals surface area contributed by atoms with Crippen LogP contribution in [0.15, 0.2) is 27.9 Å². The van der Waals surface area contributed by atoms with Gasteiger partial charge >= 0.3 is 0 Å². The average Bonchev–Trinajstić information content (AvgIpc) is 2.96. The third kappa shape index (κ3) is 1.79. The molecule has 0 radical (unpaired) electrons. The van der Waals surface area contributed by atoms with Crippen LogP contribution < -0.4 is 10.9 Å². The van der Waals surface area contributed by atoms with Gasteiger partial charge in [-0.05, 0) is 6.92 Å². The molecule has 0 atom stereocenters. The molecule has 0 saturated carbocycles. The molecule has 0 unspecified atom stereocenters. The Bertz CT molecular complexity index is 799. The number of aryl methyl sites for hydroxylation is 1. The molecule has 96 valence electrons. The predicted octanol–water partition coefficient (Wildman–Crippen LogP) is 0.800. The van der Waals surface area contributed by atoms with Crippen LogP contribution >= 0.6 is 0 Å². The van der Waals surface area contributed by atoms with Crippen molar-refractivity contribution in [3.63, 3.8) is 0 Å². The second kappa shape index (κ2) is 4.09. The molecule has 19 heavy (non-hydrogen) atoms. The van der Waals surface area contributed by atoms with E-state index in [9.17, 15) is 9.59 Å². The molecule has 0 bridgehead atoms. The molecule has 0 aliphatic carbocycles. The zero-order valence-corrected chi connectivity index (χ0v) is 9.85.